The van der Waals surface area contributed by atoms with E-state index in [1.807, 2.05) is 0 Å². The van der Waals surface area contributed by atoms with Crippen molar-refractivity contribution in [3.63, 3.8) is 0 Å². The van der Waals surface area contributed by atoms with E-state index in [0.29, 0.717) is 0 Å². The molecule has 13 nitrogen and oxygen atoms in total. The number of guanidine groups is 1. The number of nitrogens with one attached hydrogen (secondary N) is 2. The van der Waals surface area contributed by atoms with Gasteiger partial charge in [-0.25, -0.2) is 4.79 Å². The lowest BCUT2D eigenvalue weighted by molar-refractivity contribution is -0.143. The lowest BCUT2D eigenvalue weighted by Gasteiger charge is -2.23. The van der Waals surface area contributed by atoms with Gasteiger partial charge in [0.25, 0.3) is 0 Å². The van der Waals surface area contributed by atoms with Crippen LogP contribution in [0.1, 0.15) is 32.6 Å². The van der Waals surface area contributed by atoms with Gasteiger partial charge in [0.1, 0.15) is 18.1 Å². The van der Waals surface area contributed by atoms with Gasteiger partial charge in [0.15, 0.2) is 5.96 Å². The van der Waals surface area contributed by atoms with Crippen molar-refractivity contribution in [1.29, 1.82) is 0 Å². The highest BCUT2D eigenvalue weighted by atomic mass is 16.4. The number of aliphatic hydroxyl groups is 1. The van der Waals surface area contributed by atoms with Crippen LogP contribution < -0.4 is 27.8 Å². The van der Waals surface area contributed by atoms with E-state index in [0.717, 1.165) is 0 Å². The number of carbonyl (C=O) groups excluding carboxylic acids is 2. The summed E-state index contributed by atoms with van der Waals surface area (Å²) in [5.74, 6) is -4.44. The van der Waals surface area contributed by atoms with Crippen LogP contribution in [-0.2, 0) is 19.2 Å². The standard InChI is InChI=1S/C15H28N6O7/c1-7(22)11(16)13(26)20-8(3-2-6-19-15(17)18)12(25)21-9(14(27)28)4-5-10(23)24/h7-9,11,22H,2-6,16H2,1H3,(H,20,26)(H,21,25)(H,23,24)(H,27,28)(H4,17,18,19). The predicted octanol–water partition coefficient (Wildman–Crippen LogP) is -3.33. The Hall–Kier alpha value is -2.93. The summed E-state index contributed by atoms with van der Waals surface area (Å²) < 4.78 is 0. The van der Waals surface area contributed by atoms with Crippen LogP contribution in [0.3, 0.4) is 0 Å². The third-order valence-corrected chi connectivity index (χ3v) is 3.66. The number of nitrogens with zero attached hydrogens (tertiary/aromatic N) is 1. The third kappa shape index (κ3) is 10.3. The molecule has 0 radical (unpaired) electrons. The molecule has 0 aromatic carbocycles. The van der Waals surface area contributed by atoms with Crippen molar-refractivity contribution in [3.8, 4) is 0 Å². The molecule has 2 amide bonds. The van der Waals surface area contributed by atoms with Gasteiger partial charge in [0.2, 0.25) is 11.8 Å². The van der Waals surface area contributed by atoms with Crippen molar-refractivity contribution in [2.45, 2.75) is 56.8 Å². The van der Waals surface area contributed by atoms with Crippen LogP contribution >= 0.6 is 0 Å². The Bertz CT molecular complexity index is 591. The monoisotopic (exact) mass is 404 g/mol. The highest BCUT2D eigenvalue weighted by Crippen LogP contribution is 2.04. The van der Waals surface area contributed by atoms with Crippen molar-refractivity contribution >= 4 is 29.7 Å². The van der Waals surface area contributed by atoms with Crippen LogP contribution in [0.15, 0.2) is 4.99 Å². The molecule has 13 heteroatoms. The minimum atomic E-state index is -1.45. The molecule has 0 fully saturated rings. The van der Waals surface area contributed by atoms with Gasteiger partial charge in [-0.2, -0.15) is 0 Å². The third-order valence-electron chi connectivity index (χ3n) is 3.66. The summed E-state index contributed by atoms with van der Waals surface area (Å²) in [4.78, 5) is 50.1. The number of rotatable bonds is 13. The van der Waals surface area contributed by atoms with Crippen LogP contribution in [0.25, 0.3) is 0 Å². The molecule has 0 aromatic rings. The fraction of sp³-hybridized carbons (Fsp3) is 0.667. The average Bonchev–Trinajstić information content (AvgIpc) is 2.59. The Morgan fingerprint density at radius 3 is 2.04 bits per heavy atom. The molecule has 0 aromatic heterocycles. The summed E-state index contributed by atoms with van der Waals surface area (Å²) >= 11 is 0. The maximum absolute atomic E-state index is 12.4. The number of aliphatic carboxylic acids is 2. The number of carbonyl (C=O) groups is 4. The summed E-state index contributed by atoms with van der Waals surface area (Å²) in [5.41, 5.74) is 15.9. The first-order valence-corrected chi connectivity index (χ1v) is 8.50. The van der Waals surface area contributed by atoms with Crippen LogP contribution in [0.4, 0.5) is 0 Å². The lowest BCUT2D eigenvalue weighted by atomic mass is 10.1. The molecule has 0 heterocycles. The second-order valence-corrected chi connectivity index (χ2v) is 6.11. The molecule has 0 rings (SSSR count). The van der Waals surface area contributed by atoms with Gasteiger partial charge in [0, 0.05) is 13.0 Å². The van der Waals surface area contributed by atoms with E-state index in [9.17, 15) is 24.3 Å². The van der Waals surface area contributed by atoms with Crippen molar-refractivity contribution in [2.24, 2.45) is 22.2 Å². The second-order valence-electron chi connectivity index (χ2n) is 6.11. The molecular formula is C15H28N6O7. The minimum Gasteiger partial charge on any atom is -0.481 e. The minimum absolute atomic E-state index is 0.0478. The summed E-state index contributed by atoms with van der Waals surface area (Å²) in [5, 5.41) is 31.7. The Kier molecular flexibility index (Phi) is 11.2. The zero-order valence-electron chi connectivity index (χ0n) is 15.5. The molecule has 28 heavy (non-hydrogen) atoms. The Morgan fingerprint density at radius 2 is 1.57 bits per heavy atom. The molecule has 160 valence electrons. The summed E-state index contributed by atoms with van der Waals surface area (Å²) in [7, 11) is 0. The van der Waals surface area contributed by atoms with E-state index in [1.165, 1.54) is 6.92 Å². The first-order chi connectivity index (χ1) is 13.0. The first-order valence-electron chi connectivity index (χ1n) is 8.50. The van der Waals surface area contributed by atoms with E-state index >= 15 is 0 Å². The number of amides is 2. The van der Waals surface area contributed by atoms with Gasteiger partial charge in [0.05, 0.1) is 6.10 Å². The van der Waals surface area contributed by atoms with Gasteiger partial charge in [-0.05, 0) is 26.2 Å². The highest BCUT2D eigenvalue weighted by molar-refractivity contribution is 5.92. The van der Waals surface area contributed by atoms with Gasteiger partial charge < -0.3 is 43.2 Å². The summed E-state index contributed by atoms with van der Waals surface area (Å²) in [6.07, 6.45) is -1.66. The lowest BCUT2D eigenvalue weighted by Crippen LogP contribution is -2.56. The summed E-state index contributed by atoms with van der Waals surface area (Å²) in [6.45, 7) is 1.45. The maximum Gasteiger partial charge on any atom is 0.326 e. The zero-order chi connectivity index (χ0) is 21.9. The van der Waals surface area contributed by atoms with Crippen LogP contribution in [0.5, 0.6) is 0 Å². The fourth-order valence-corrected chi connectivity index (χ4v) is 2.06. The quantitative estimate of drug-likeness (QED) is 0.0861. The first kappa shape index (κ1) is 25.1. The second kappa shape index (κ2) is 12.5. The topological polar surface area (TPSA) is 243 Å². The predicted molar refractivity (Wildman–Crippen MR) is 97.9 cm³/mol. The summed E-state index contributed by atoms with van der Waals surface area (Å²) in [6, 6.07) is -3.93. The number of hydrogen-bond acceptors (Lipinski definition) is 7. The molecule has 0 saturated carbocycles. The molecule has 0 saturated heterocycles. The number of carboxylic acid groups (broad SMARTS) is 2. The van der Waals surface area contributed by atoms with Crippen molar-refractivity contribution in [1.82, 2.24) is 10.6 Å². The van der Waals surface area contributed by atoms with Gasteiger partial charge >= 0.3 is 11.9 Å². The Balaban J connectivity index is 5.13. The Labute approximate surface area is 161 Å². The van der Waals surface area contributed by atoms with E-state index in [1.54, 1.807) is 0 Å². The zero-order valence-corrected chi connectivity index (χ0v) is 15.5. The van der Waals surface area contributed by atoms with Gasteiger partial charge in [-0.3, -0.25) is 19.4 Å². The largest absolute Gasteiger partial charge is 0.481 e. The molecule has 0 spiro atoms. The number of aliphatic imine (C=N–C) groups is 1. The molecule has 0 bridgehead atoms. The van der Waals surface area contributed by atoms with E-state index in [-0.39, 0.29) is 31.8 Å². The van der Waals surface area contributed by atoms with Crippen molar-refractivity contribution < 1.29 is 34.5 Å². The fourth-order valence-electron chi connectivity index (χ4n) is 2.06. The van der Waals surface area contributed by atoms with Crippen molar-refractivity contribution in [3.05, 3.63) is 0 Å². The van der Waals surface area contributed by atoms with E-state index in [4.69, 9.17) is 27.4 Å². The van der Waals surface area contributed by atoms with E-state index < -0.39 is 54.4 Å². The SMILES string of the molecule is CC(O)C(N)C(=O)NC(CCCN=C(N)N)C(=O)NC(CCC(=O)O)C(=O)O. The maximum atomic E-state index is 12.4. The average molecular weight is 404 g/mol. The van der Waals surface area contributed by atoms with E-state index in [2.05, 4.69) is 15.6 Å². The smallest absolute Gasteiger partial charge is 0.326 e. The van der Waals surface area contributed by atoms with Crippen LogP contribution in [0.2, 0.25) is 0 Å². The molecule has 4 atom stereocenters. The van der Waals surface area contributed by atoms with Gasteiger partial charge in [-0.1, -0.05) is 0 Å². The van der Waals surface area contributed by atoms with Crippen molar-refractivity contribution in [2.75, 3.05) is 6.54 Å². The highest BCUT2D eigenvalue weighted by Gasteiger charge is 2.29. The molecule has 0 aliphatic heterocycles. The normalized spacial score (nSPS) is 14.8. The van der Waals surface area contributed by atoms with Gasteiger partial charge in [-0.15, -0.1) is 0 Å². The number of aliphatic hydroxyl groups excluding tert-OH is 1. The number of nitrogens with two attached hydrogens (primary N) is 3. The molecule has 4 unspecified atom stereocenters. The van der Waals surface area contributed by atoms with Crippen LogP contribution in [0, 0.1) is 0 Å². The molecular weight excluding hydrogens is 376 g/mol. The molecule has 0 aliphatic rings. The molecule has 0 aliphatic carbocycles. The number of carboxylic acids is 2. The number of hydrogen-bond donors (Lipinski definition) is 8. The molecule has 11 N–H and O–H groups in total. The Morgan fingerprint density at radius 1 is 1.00 bits per heavy atom. The van der Waals surface area contributed by atoms with Crippen LogP contribution in [-0.4, -0.2) is 75.8 Å².